The molecule has 0 amide bonds. The van der Waals surface area contributed by atoms with Crippen molar-refractivity contribution in [1.82, 2.24) is 15.4 Å². The highest BCUT2D eigenvalue weighted by Gasteiger charge is 2.54. The van der Waals surface area contributed by atoms with E-state index in [1.54, 1.807) is 6.20 Å². The number of rotatable bonds is 2. The fourth-order valence-corrected chi connectivity index (χ4v) is 4.92. The maximum absolute atomic E-state index is 6.70. The fourth-order valence-electron chi connectivity index (χ4n) is 4.61. The van der Waals surface area contributed by atoms with Crippen molar-refractivity contribution in [3.63, 3.8) is 0 Å². The number of aromatic nitrogens is 2. The van der Waals surface area contributed by atoms with E-state index in [4.69, 9.17) is 21.6 Å². The van der Waals surface area contributed by atoms with Gasteiger partial charge in [0.05, 0.1) is 6.04 Å². The van der Waals surface area contributed by atoms with Gasteiger partial charge in [0.25, 0.3) is 0 Å². The zero-order chi connectivity index (χ0) is 18.9. The summed E-state index contributed by atoms with van der Waals surface area (Å²) < 4.78 is 0. The number of aliphatic imine (C=N–C) groups is 1. The Morgan fingerprint density at radius 2 is 2.25 bits per heavy atom. The molecule has 2 aliphatic heterocycles. The Morgan fingerprint density at radius 3 is 3.07 bits per heavy atom. The Morgan fingerprint density at radius 1 is 1.32 bits per heavy atom. The summed E-state index contributed by atoms with van der Waals surface area (Å²) in [6.07, 6.45) is 15.4. The number of hydrogen-bond donors (Lipinski definition) is 1. The summed E-state index contributed by atoms with van der Waals surface area (Å²) in [5.41, 5.74) is 7.73. The van der Waals surface area contributed by atoms with E-state index >= 15 is 0 Å². The molecular formula is C22H18ClN5. The molecule has 138 valence electrons. The number of halogens is 1. The minimum atomic E-state index is 0.00438. The van der Waals surface area contributed by atoms with Crippen molar-refractivity contribution in [2.75, 3.05) is 5.01 Å². The Bertz CT molecular complexity index is 1120. The molecule has 0 aromatic carbocycles. The molecule has 6 rings (SSSR count). The lowest BCUT2D eigenvalue weighted by molar-refractivity contribution is 0.668. The minimum Gasteiger partial charge on any atom is -0.264 e. The van der Waals surface area contributed by atoms with E-state index in [0.717, 1.165) is 40.3 Å². The predicted octanol–water partition coefficient (Wildman–Crippen LogP) is 4.03. The standard InChI is InChI=1S/C22H18ClN5/c1-13-18(14-5-4-8-24-11-14)21-25-12-15-9-17(19(23)26-20(15)28(21)27-13)22-7-3-2-6-16(22)10-22/h2-9,11-13,16,27H,10H2,1H3. The number of allylic oxidation sites excluding steroid dienone is 4. The molecule has 3 atom stereocenters. The van der Waals surface area contributed by atoms with E-state index in [0.29, 0.717) is 11.1 Å². The second-order valence-corrected chi connectivity index (χ2v) is 8.12. The van der Waals surface area contributed by atoms with E-state index < -0.39 is 0 Å². The third-order valence-corrected chi connectivity index (χ3v) is 6.40. The smallest absolute Gasteiger partial charge is 0.159 e. The highest BCUT2D eigenvalue weighted by molar-refractivity contribution is 6.30. The van der Waals surface area contributed by atoms with Crippen molar-refractivity contribution in [2.24, 2.45) is 10.9 Å². The Hall–Kier alpha value is -2.76. The SMILES string of the molecule is CC1NN2C(=C1c1cccnc1)N=Cc1cc(C34C=CC=CC3C4)c(Cl)nc12. The van der Waals surface area contributed by atoms with Gasteiger partial charge >= 0.3 is 0 Å². The summed E-state index contributed by atoms with van der Waals surface area (Å²) in [5.74, 6) is 2.17. The van der Waals surface area contributed by atoms with Crippen molar-refractivity contribution < 1.29 is 0 Å². The zero-order valence-corrected chi connectivity index (χ0v) is 16.1. The van der Waals surface area contributed by atoms with Gasteiger partial charge in [-0.1, -0.05) is 42.0 Å². The van der Waals surface area contributed by atoms with Gasteiger partial charge < -0.3 is 0 Å². The first-order chi connectivity index (χ1) is 13.7. The van der Waals surface area contributed by atoms with Crippen LogP contribution < -0.4 is 10.4 Å². The van der Waals surface area contributed by atoms with Crippen molar-refractivity contribution in [1.29, 1.82) is 0 Å². The molecule has 3 unspecified atom stereocenters. The van der Waals surface area contributed by atoms with E-state index in [2.05, 4.69) is 53.8 Å². The van der Waals surface area contributed by atoms with Crippen LogP contribution in [0, 0.1) is 5.92 Å². The van der Waals surface area contributed by atoms with Crippen molar-refractivity contribution >= 4 is 29.2 Å². The van der Waals surface area contributed by atoms with E-state index in [9.17, 15) is 0 Å². The first-order valence-electron chi connectivity index (χ1n) is 9.49. The zero-order valence-electron chi connectivity index (χ0n) is 15.3. The topological polar surface area (TPSA) is 53.4 Å². The third kappa shape index (κ3) is 2.14. The number of hydrazine groups is 1. The van der Waals surface area contributed by atoms with E-state index in [1.165, 1.54) is 0 Å². The van der Waals surface area contributed by atoms with Gasteiger partial charge in [0.1, 0.15) is 5.15 Å². The van der Waals surface area contributed by atoms with Crippen LogP contribution in [0.3, 0.4) is 0 Å². The Balaban J connectivity index is 1.46. The van der Waals surface area contributed by atoms with Crippen LogP contribution in [0.25, 0.3) is 5.57 Å². The molecule has 28 heavy (non-hydrogen) atoms. The van der Waals surface area contributed by atoms with Gasteiger partial charge in [0, 0.05) is 46.3 Å². The first kappa shape index (κ1) is 16.2. The van der Waals surface area contributed by atoms with Crippen LogP contribution >= 0.6 is 11.6 Å². The van der Waals surface area contributed by atoms with Gasteiger partial charge in [-0.25, -0.2) is 20.4 Å². The molecule has 4 aliphatic rings. The number of pyridine rings is 2. The number of fused-ring (bicyclic) bond motifs is 4. The molecule has 0 saturated heterocycles. The number of nitrogens with one attached hydrogen (secondary N) is 1. The summed E-state index contributed by atoms with van der Waals surface area (Å²) in [7, 11) is 0. The highest BCUT2D eigenvalue weighted by Crippen LogP contribution is 2.59. The van der Waals surface area contributed by atoms with Crippen molar-refractivity contribution in [2.45, 2.75) is 24.8 Å². The number of nitrogens with zero attached hydrogens (tertiary/aromatic N) is 4. The van der Waals surface area contributed by atoms with Crippen LogP contribution in [0.4, 0.5) is 5.82 Å². The van der Waals surface area contributed by atoms with Crippen molar-refractivity contribution in [3.8, 4) is 0 Å². The molecule has 6 heteroatoms. The normalized spacial score (nSPS) is 29.0. The minimum absolute atomic E-state index is 0.00438. The lowest BCUT2D eigenvalue weighted by atomic mass is 9.90. The second-order valence-electron chi connectivity index (χ2n) is 7.76. The number of anilines is 1. The van der Waals surface area contributed by atoms with Crippen molar-refractivity contribution in [3.05, 3.63) is 82.6 Å². The maximum atomic E-state index is 6.70. The molecular weight excluding hydrogens is 370 g/mol. The average Bonchev–Trinajstić information content (AvgIpc) is 3.36. The van der Waals surface area contributed by atoms with Crippen LogP contribution in [-0.4, -0.2) is 22.2 Å². The second kappa shape index (κ2) is 5.63. The van der Waals surface area contributed by atoms with E-state index in [1.807, 2.05) is 23.5 Å². The summed E-state index contributed by atoms with van der Waals surface area (Å²) in [5, 5.41) is 2.52. The lowest BCUT2D eigenvalue weighted by Crippen LogP contribution is -2.38. The summed E-state index contributed by atoms with van der Waals surface area (Å²) in [4.78, 5) is 13.8. The van der Waals surface area contributed by atoms with Gasteiger partial charge in [0.15, 0.2) is 11.6 Å². The molecule has 0 bridgehead atoms. The third-order valence-electron chi connectivity index (χ3n) is 6.11. The van der Waals surface area contributed by atoms with Crippen LogP contribution in [0.2, 0.25) is 5.15 Å². The Kier molecular flexibility index (Phi) is 3.26. The van der Waals surface area contributed by atoms with Gasteiger partial charge in [-0.3, -0.25) is 4.98 Å². The van der Waals surface area contributed by atoms with Gasteiger partial charge in [0.2, 0.25) is 0 Å². The molecule has 0 spiro atoms. The van der Waals surface area contributed by atoms with Crippen LogP contribution in [0.1, 0.15) is 30.0 Å². The summed E-state index contributed by atoms with van der Waals surface area (Å²) in [6.45, 7) is 2.12. The van der Waals surface area contributed by atoms with Crippen LogP contribution in [0.15, 0.2) is 65.7 Å². The molecule has 2 aliphatic carbocycles. The largest absolute Gasteiger partial charge is 0.264 e. The molecule has 1 N–H and O–H groups in total. The van der Waals surface area contributed by atoms with Gasteiger partial charge in [-0.05, 0) is 31.4 Å². The molecule has 0 radical (unpaired) electrons. The highest BCUT2D eigenvalue weighted by atomic mass is 35.5. The molecule has 4 heterocycles. The van der Waals surface area contributed by atoms with Crippen LogP contribution in [0.5, 0.6) is 0 Å². The number of hydrogen-bond acceptors (Lipinski definition) is 5. The lowest BCUT2D eigenvalue weighted by Gasteiger charge is -2.26. The van der Waals surface area contributed by atoms with Crippen LogP contribution in [-0.2, 0) is 5.41 Å². The molecule has 2 aromatic rings. The molecule has 1 fully saturated rings. The summed E-state index contributed by atoms with van der Waals surface area (Å²) >= 11 is 6.70. The predicted molar refractivity (Wildman–Crippen MR) is 111 cm³/mol. The fraction of sp³-hybridized carbons (Fsp3) is 0.227. The monoisotopic (exact) mass is 387 g/mol. The quantitative estimate of drug-likeness (QED) is 0.790. The first-order valence-corrected chi connectivity index (χ1v) is 9.87. The molecule has 5 nitrogen and oxygen atoms in total. The average molecular weight is 388 g/mol. The molecule has 2 aromatic heterocycles. The van der Waals surface area contributed by atoms with Gasteiger partial charge in [-0.2, -0.15) is 0 Å². The molecule has 1 saturated carbocycles. The van der Waals surface area contributed by atoms with Gasteiger partial charge in [-0.15, -0.1) is 0 Å². The maximum Gasteiger partial charge on any atom is 0.159 e. The summed E-state index contributed by atoms with van der Waals surface area (Å²) in [6, 6.07) is 6.25. The Labute approximate surface area is 168 Å². The van der Waals surface area contributed by atoms with E-state index in [-0.39, 0.29) is 11.5 Å².